The molecule has 0 aromatic carbocycles. The zero-order valence-electron chi connectivity index (χ0n) is 27.1. The van der Waals surface area contributed by atoms with E-state index in [-0.39, 0.29) is 41.5 Å². The lowest BCUT2D eigenvalue weighted by molar-refractivity contribution is -0.143. The van der Waals surface area contributed by atoms with E-state index in [9.17, 15) is 19.5 Å². The molecule has 7 atom stereocenters. The van der Waals surface area contributed by atoms with Gasteiger partial charge in [-0.2, -0.15) is 11.8 Å². The third-order valence-electron chi connectivity index (χ3n) is 7.42. The molecule has 2 N–H and O–H groups in total. The quantitative estimate of drug-likeness (QED) is 0.0828. The molecular formula is C35H53NO5S. The first-order valence-electron chi connectivity index (χ1n) is 15.0. The summed E-state index contributed by atoms with van der Waals surface area (Å²) in [6, 6.07) is 0. The smallest absolute Gasteiger partial charge is 0.331 e. The van der Waals surface area contributed by atoms with Gasteiger partial charge in [0.1, 0.15) is 11.9 Å². The standard InChI is InChI=1S/C35H53NO5S/c1-23(19-25(3)13-15-31-27(5)14-16-33(38)41-31)11-10-12-24(2)20-28(6)34(39)30(8)35(40)29(7)21-26(4)22-32(37)36-17-18-42-9/h10,12-16,19-20,22-23,27-31,35,40H,11,17-18,21H2,1-9H3,(H,36,37)/t23-,27+,28-,29+,30-,31+,35-/m1/s1. The molecule has 0 fully saturated rings. The number of nitrogens with one attached hydrogen (secondary N) is 1. The van der Waals surface area contributed by atoms with Crippen molar-refractivity contribution in [2.75, 3.05) is 18.6 Å². The molecule has 6 nitrogen and oxygen atoms in total. The summed E-state index contributed by atoms with van der Waals surface area (Å²) in [6.45, 7) is 16.3. The molecule has 7 heteroatoms. The Hall–Kier alpha value is -2.64. The number of aliphatic hydroxyl groups is 1. The third kappa shape index (κ3) is 14.5. The van der Waals surface area contributed by atoms with Crippen LogP contribution in [0.2, 0.25) is 0 Å². The number of carbonyl (C=O) groups excluding carboxylic acids is 3. The Morgan fingerprint density at radius 1 is 1.10 bits per heavy atom. The van der Waals surface area contributed by atoms with Crippen LogP contribution in [0.1, 0.15) is 68.2 Å². The molecule has 0 unspecified atom stereocenters. The van der Waals surface area contributed by atoms with Crippen molar-refractivity contribution in [3.8, 4) is 0 Å². The van der Waals surface area contributed by atoms with Crippen LogP contribution in [-0.4, -0.2) is 53.5 Å². The summed E-state index contributed by atoms with van der Waals surface area (Å²) >= 11 is 1.68. The van der Waals surface area contributed by atoms with Crippen LogP contribution in [0.15, 0.2) is 71.4 Å². The fraction of sp³-hybridized carbons (Fsp3) is 0.571. The van der Waals surface area contributed by atoms with Gasteiger partial charge in [-0.05, 0) is 57.8 Å². The monoisotopic (exact) mass is 599 g/mol. The van der Waals surface area contributed by atoms with E-state index < -0.39 is 12.0 Å². The number of ketones is 1. The van der Waals surface area contributed by atoms with Crippen molar-refractivity contribution < 1.29 is 24.2 Å². The number of esters is 1. The number of rotatable bonds is 17. The van der Waals surface area contributed by atoms with Gasteiger partial charge in [0.15, 0.2) is 0 Å². The van der Waals surface area contributed by atoms with Gasteiger partial charge in [-0.1, -0.05) is 87.8 Å². The molecule has 0 saturated carbocycles. The van der Waals surface area contributed by atoms with Crippen LogP contribution in [-0.2, 0) is 19.1 Å². The molecule has 1 aliphatic heterocycles. The second-order valence-electron chi connectivity index (χ2n) is 11.8. The molecule has 0 radical (unpaired) electrons. The van der Waals surface area contributed by atoms with E-state index in [1.807, 2.05) is 78.2 Å². The minimum Gasteiger partial charge on any atom is -0.454 e. The van der Waals surface area contributed by atoms with E-state index >= 15 is 0 Å². The van der Waals surface area contributed by atoms with Crippen molar-refractivity contribution >= 4 is 29.4 Å². The van der Waals surface area contributed by atoms with E-state index in [1.165, 1.54) is 6.08 Å². The number of cyclic esters (lactones) is 1. The van der Waals surface area contributed by atoms with E-state index in [1.54, 1.807) is 24.8 Å². The normalized spacial score (nSPS) is 22.1. The predicted molar refractivity (Wildman–Crippen MR) is 176 cm³/mol. The van der Waals surface area contributed by atoms with E-state index in [4.69, 9.17) is 4.74 Å². The zero-order valence-corrected chi connectivity index (χ0v) is 27.9. The van der Waals surface area contributed by atoms with Crippen molar-refractivity contribution in [1.82, 2.24) is 5.32 Å². The molecule has 1 rings (SSSR count). The van der Waals surface area contributed by atoms with Gasteiger partial charge < -0.3 is 15.2 Å². The molecule has 1 heterocycles. The lowest BCUT2D eigenvalue weighted by Crippen LogP contribution is -2.34. The minimum atomic E-state index is -0.790. The second kappa shape index (κ2) is 19.5. The zero-order chi connectivity index (χ0) is 31.8. The van der Waals surface area contributed by atoms with Crippen LogP contribution in [0, 0.1) is 29.6 Å². The molecule has 0 aromatic rings. The molecule has 42 heavy (non-hydrogen) atoms. The van der Waals surface area contributed by atoms with E-state index in [0.717, 1.165) is 28.9 Å². The molecular weight excluding hydrogens is 546 g/mol. The summed E-state index contributed by atoms with van der Waals surface area (Å²) in [4.78, 5) is 36.6. The molecule has 1 aliphatic rings. The summed E-state index contributed by atoms with van der Waals surface area (Å²) in [7, 11) is 0. The summed E-state index contributed by atoms with van der Waals surface area (Å²) in [6.07, 6.45) is 19.5. The van der Waals surface area contributed by atoms with Gasteiger partial charge in [0.05, 0.1) is 6.10 Å². The number of hydrogen-bond acceptors (Lipinski definition) is 6. The topological polar surface area (TPSA) is 92.7 Å². The van der Waals surface area contributed by atoms with Gasteiger partial charge in [0.2, 0.25) is 5.91 Å². The minimum absolute atomic E-state index is 0.00529. The van der Waals surface area contributed by atoms with Crippen molar-refractivity contribution in [1.29, 1.82) is 0 Å². The number of amides is 1. The average Bonchev–Trinajstić information content (AvgIpc) is 2.92. The fourth-order valence-corrected chi connectivity index (χ4v) is 5.28. The first-order chi connectivity index (χ1) is 19.7. The molecule has 0 saturated heterocycles. The van der Waals surface area contributed by atoms with Gasteiger partial charge in [-0.15, -0.1) is 0 Å². The average molecular weight is 600 g/mol. The fourth-order valence-electron chi connectivity index (χ4n) is 4.97. The van der Waals surface area contributed by atoms with Crippen LogP contribution in [0.3, 0.4) is 0 Å². The number of carbonyl (C=O) groups is 3. The lowest BCUT2D eigenvalue weighted by atomic mass is 9.83. The number of aliphatic hydroxyl groups excluding tert-OH is 1. The van der Waals surface area contributed by atoms with E-state index in [0.29, 0.717) is 18.9 Å². The van der Waals surface area contributed by atoms with Gasteiger partial charge in [0, 0.05) is 42.2 Å². The number of ether oxygens (including phenoxy) is 1. The summed E-state index contributed by atoms with van der Waals surface area (Å²) in [5, 5.41) is 13.7. The Labute approximate surface area is 258 Å². The van der Waals surface area contributed by atoms with Gasteiger partial charge in [-0.3, -0.25) is 9.59 Å². The third-order valence-corrected chi connectivity index (χ3v) is 8.04. The second-order valence-corrected chi connectivity index (χ2v) is 12.8. The van der Waals surface area contributed by atoms with Gasteiger partial charge in [0.25, 0.3) is 0 Å². The first-order valence-corrected chi connectivity index (χ1v) is 16.4. The Morgan fingerprint density at radius 2 is 1.76 bits per heavy atom. The largest absolute Gasteiger partial charge is 0.454 e. The van der Waals surface area contributed by atoms with Crippen molar-refractivity contribution in [2.45, 2.75) is 80.4 Å². The summed E-state index contributed by atoms with van der Waals surface area (Å²) < 4.78 is 5.36. The maximum atomic E-state index is 13.1. The Morgan fingerprint density at radius 3 is 2.43 bits per heavy atom. The Kier molecular flexibility index (Phi) is 17.4. The van der Waals surface area contributed by atoms with Gasteiger partial charge in [-0.25, -0.2) is 4.79 Å². The van der Waals surface area contributed by atoms with Crippen LogP contribution in [0.5, 0.6) is 0 Å². The number of hydrogen-bond donors (Lipinski definition) is 2. The maximum Gasteiger partial charge on any atom is 0.331 e. The molecule has 0 aliphatic carbocycles. The molecule has 1 amide bonds. The van der Waals surface area contributed by atoms with Crippen LogP contribution in [0.25, 0.3) is 0 Å². The van der Waals surface area contributed by atoms with Crippen LogP contribution >= 0.6 is 11.8 Å². The van der Waals surface area contributed by atoms with Crippen molar-refractivity contribution in [3.05, 3.63) is 71.4 Å². The molecule has 0 bridgehead atoms. The highest BCUT2D eigenvalue weighted by atomic mass is 32.2. The SMILES string of the molecule is CSCCNC(=O)C=C(C)C[C@H](C)[C@@H](O)[C@H](C)C(=O)[C@H](C)C=C(C)C=CC[C@@H](C)C=C(C)C=C[C@@H]1OC(=O)C=C[C@@H]1C. The highest BCUT2D eigenvalue weighted by Crippen LogP contribution is 2.24. The lowest BCUT2D eigenvalue weighted by Gasteiger charge is -2.25. The van der Waals surface area contributed by atoms with Crippen molar-refractivity contribution in [3.63, 3.8) is 0 Å². The van der Waals surface area contributed by atoms with Crippen LogP contribution < -0.4 is 5.32 Å². The summed E-state index contributed by atoms with van der Waals surface area (Å²) in [5.41, 5.74) is 3.00. The molecule has 234 valence electrons. The van der Waals surface area contributed by atoms with Crippen LogP contribution in [0.4, 0.5) is 0 Å². The van der Waals surface area contributed by atoms with E-state index in [2.05, 4.69) is 24.4 Å². The Balaban J connectivity index is 2.61. The van der Waals surface area contributed by atoms with Crippen molar-refractivity contribution in [2.24, 2.45) is 29.6 Å². The number of allylic oxidation sites excluding steroid dienone is 8. The maximum absolute atomic E-state index is 13.1. The molecule has 0 aromatic heterocycles. The first kappa shape index (κ1) is 37.4. The van der Waals surface area contributed by atoms with Gasteiger partial charge >= 0.3 is 5.97 Å². The number of Topliss-reactive ketones (excluding diaryl/α,β-unsaturated/α-hetero) is 1. The number of thioether (sulfide) groups is 1. The highest BCUT2D eigenvalue weighted by molar-refractivity contribution is 7.98. The highest BCUT2D eigenvalue weighted by Gasteiger charge is 2.29. The summed E-state index contributed by atoms with van der Waals surface area (Å²) in [5.74, 6) is -0.0554. The Bertz CT molecular complexity index is 1080. The predicted octanol–water partition coefficient (Wildman–Crippen LogP) is 6.79. The molecule has 0 spiro atoms.